The summed E-state index contributed by atoms with van der Waals surface area (Å²) in [5.41, 5.74) is 0. The molecule has 0 spiro atoms. The van der Waals surface area contributed by atoms with Crippen LogP contribution in [0.5, 0.6) is 0 Å². The molecule has 0 aliphatic rings. The third-order valence-electron chi connectivity index (χ3n) is 2.72. The van der Waals surface area contributed by atoms with Gasteiger partial charge in [0.15, 0.2) is 0 Å². The molecule has 0 rings (SSSR count). The molecule has 1 N–H and O–H groups in total. The number of carbonyl (C=O) groups is 1. The third-order valence-corrected chi connectivity index (χ3v) is 2.72. The second kappa shape index (κ2) is 16.9. The van der Waals surface area contributed by atoms with Crippen LogP contribution in [-0.2, 0) is 4.74 Å². The van der Waals surface area contributed by atoms with Crippen molar-refractivity contribution in [3.63, 3.8) is 0 Å². The van der Waals surface area contributed by atoms with Crippen LogP contribution in [0, 0.1) is 0 Å². The molecule has 0 aromatic rings. The molecular formula is C13H27KO3. The zero-order chi connectivity index (χ0) is 12.1. The Morgan fingerprint density at radius 2 is 1.35 bits per heavy atom. The van der Waals surface area contributed by atoms with Crippen molar-refractivity contribution in [3.8, 4) is 0 Å². The molecule has 0 saturated heterocycles. The summed E-state index contributed by atoms with van der Waals surface area (Å²) in [6.45, 7) is 2.59. The van der Waals surface area contributed by atoms with Crippen molar-refractivity contribution in [1.29, 1.82) is 0 Å². The molecule has 0 aliphatic carbocycles. The molecule has 0 amide bonds. The summed E-state index contributed by atoms with van der Waals surface area (Å²) >= 11 is 0. The first-order chi connectivity index (χ1) is 7.77. The molecule has 0 aromatic heterocycles. The number of rotatable bonds is 11. The Morgan fingerprint density at radius 1 is 0.941 bits per heavy atom. The van der Waals surface area contributed by atoms with Gasteiger partial charge in [-0.05, 0) is 6.42 Å². The molecule has 0 atom stereocenters. The normalized spacial score (nSPS) is 9.71. The molecule has 3 nitrogen and oxygen atoms in total. The number of hydrogen-bond acceptors (Lipinski definition) is 2. The van der Waals surface area contributed by atoms with E-state index in [2.05, 4.69) is 11.7 Å². The van der Waals surface area contributed by atoms with Crippen LogP contribution in [0.1, 0.15) is 72.6 Å². The van der Waals surface area contributed by atoms with Crippen LogP contribution < -0.4 is 51.4 Å². The van der Waals surface area contributed by atoms with E-state index in [1.807, 2.05) is 0 Å². The van der Waals surface area contributed by atoms with Gasteiger partial charge in [0.1, 0.15) is 0 Å². The predicted molar refractivity (Wildman–Crippen MR) is 66.9 cm³/mol. The predicted octanol–water partition coefficient (Wildman–Crippen LogP) is 1.72. The topological polar surface area (TPSA) is 46.5 Å². The third kappa shape index (κ3) is 19.4. The van der Waals surface area contributed by atoms with Gasteiger partial charge in [-0.25, -0.2) is 4.79 Å². The molecule has 0 saturated carbocycles. The minimum atomic E-state index is -1.16. The van der Waals surface area contributed by atoms with E-state index >= 15 is 0 Å². The number of ether oxygens (including phenoxy) is 1. The van der Waals surface area contributed by atoms with Gasteiger partial charge in [-0.1, -0.05) is 64.7 Å². The maximum Gasteiger partial charge on any atom is 1.00 e. The fourth-order valence-corrected chi connectivity index (χ4v) is 1.75. The summed E-state index contributed by atoms with van der Waals surface area (Å²) in [5.74, 6) is 0. The fourth-order valence-electron chi connectivity index (χ4n) is 1.75. The molecule has 98 valence electrons. The van der Waals surface area contributed by atoms with Gasteiger partial charge in [0.05, 0.1) is 6.61 Å². The molecule has 4 heteroatoms. The van der Waals surface area contributed by atoms with E-state index in [-0.39, 0.29) is 52.8 Å². The van der Waals surface area contributed by atoms with Crippen molar-refractivity contribution in [2.24, 2.45) is 0 Å². The van der Waals surface area contributed by atoms with Crippen molar-refractivity contribution < 1.29 is 67.4 Å². The van der Waals surface area contributed by atoms with E-state index in [0.717, 1.165) is 12.8 Å². The Bertz CT molecular complexity index is 168. The number of hydrogen-bond donors (Lipinski definition) is 1. The van der Waals surface area contributed by atoms with E-state index in [1.54, 1.807) is 0 Å². The second-order valence-electron chi connectivity index (χ2n) is 4.30. The van der Waals surface area contributed by atoms with Gasteiger partial charge in [-0.15, -0.1) is 0 Å². The van der Waals surface area contributed by atoms with Crippen LogP contribution in [0.4, 0.5) is 4.79 Å². The molecule has 0 unspecified atom stereocenters. The zero-order valence-electron chi connectivity index (χ0n) is 12.5. The van der Waals surface area contributed by atoms with Gasteiger partial charge < -0.3 is 11.3 Å². The second-order valence-corrected chi connectivity index (χ2v) is 4.30. The van der Waals surface area contributed by atoms with Crippen molar-refractivity contribution in [2.75, 3.05) is 6.61 Å². The molecule has 0 bridgehead atoms. The van der Waals surface area contributed by atoms with Crippen LogP contribution in [0.3, 0.4) is 0 Å². The Balaban J connectivity index is -0.00000112. The van der Waals surface area contributed by atoms with Crippen molar-refractivity contribution >= 4 is 6.16 Å². The summed E-state index contributed by atoms with van der Waals surface area (Å²) in [4.78, 5) is 10.0. The molecule has 0 fully saturated rings. The van der Waals surface area contributed by atoms with Crippen molar-refractivity contribution in [2.45, 2.75) is 71.1 Å². The molecule has 0 aromatic carbocycles. The standard InChI is InChI=1S/C13H26O3.K.H/c1-2-3-4-5-6-7-8-9-10-11-12-16-13(14)15;;/h2-12H2,1H3,(H,14,15);;/q;+1;-1. The van der Waals surface area contributed by atoms with Gasteiger partial charge in [0, 0.05) is 0 Å². The van der Waals surface area contributed by atoms with Crippen LogP contribution in [0.15, 0.2) is 0 Å². The van der Waals surface area contributed by atoms with Crippen LogP contribution >= 0.6 is 0 Å². The average Bonchev–Trinajstić information content (AvgIpc) is 2.25. The van der Waals surface area contributed by atoms with Gasteiger partial charge in [0.25, 0.3) is 0 Å². The monoisotopic (exact) mass is 270 g/mol. The molecule has 17 heavy (non-hydrogen) atoms. The molecule has 0 aliphatic heterocycles. The van der Waals surface area contributed by atoms with Crippen LogP contribution in [-0.4, -0.2) is 17.9 Å². The molecular weight excluding hydrogens is 243 g/mol. The Kier molecular flexibility index (Phi) is 20.1. The molecule has 0 heterocycles. The summed E-state index contributed by atoms with van der Waals surface area (Å²) in [7, 11) is 0. The van der Waals surface area contributed by atoms with E-state index in [0.29, 0.717) is 6.61 Å². The summed E-state index contributed by atoms with van der Waals surface area (Å²) < 4.78 is 4.43. The van der Waals surface area contributed by atoms with Crippen LogP contribution in [0.25, 0.3) is 0 Å². The first kappa shape index (κ1) is 20.2. The fraction of sp³-hybridized carbons (Fsp3) is 0.923. The summed E-state index contributed by atoms with van der Waals surface area (Å²) in [5, 5.41) is 8.23. The van der Waals surface area contributed by atoms with E-state index in [4.69, 9.17) is 5.11 Å². The smallest absolute Gasteiger partial charge is 1.00 e. The van der Waals surface area contributed by atoms with Gasteiger partial charge in [0.2, 0.25) is 0 Å². The van der Waals surface area contributed by atoms with E-state index in [1.165, 1.54) is 51.4 Å². The van der Waals surface area contributed by atoms with Gasteiger partial charge in [-0.3, -0.25) is 0 Å². The first-order valence-corrected chi connectivity index (χ1v) is 6.63. The SMILES string of the molecule is CCCCCCCCCCCCOC(=O)O.[H-].[K+]. The molecule has 0 radical (unpaired) electrons. The largest absolute Gasteiger partial charge is 1.00 e. The zero-order valence-corrected chi connectivity index (χ0v) is 14.7. The van der Waals surface area contributed by atoms with Crippen LogP contribution in [0.2, 0.25) is 0 Å². The maximum absolute atomic E-state index is 10.0. The average molecular weight is 270 g/mol. The number of unbranched alkanes of at least 4 members (excludes halogenated alkanes) is 9. The number of carboxylic acid groups (broad SMARTS) is 1. The quantitative estimate of drug-likeness (QED) is 0.353. The van der Waals surface area contributed by atoms with E-state index < -0.39 is 6.16 Å². The van der Waals surface area contributed by atoms with E-state index in [9.17, 15) is 4.79 Å². The minimum Gasteiger partial charge on any atom is -1.00 e. The Hall–Kier alpha value is 0.906. The van der Waals surface area contributed by atoms with Gasteiger partial charge >= 0.3 is 57.5 Å². The Morgan fingerprint density at radius 3 is 1.76 bits per heavy atom. The first-order valence-electron chi connectivity index (χ1n) is 6.63. The van der Waals surface area contributed by atoms with Crippen molar-refractivity contribution in [3.05, 3.63) is 0 Å². The van der Waals surface area contributed by atoms with Gasteiger partial charge in [-0.2, -0.15) is 0 Å². The van der Waals surface area contributed by atoms with Crippen molar-refractivity contribution in [1.82, 2.24) is 0 Å². The Labute approximate surface area is 150 Å². The maximum atomic E-state index is 10.0. The summed E-state index contributed by atoms with van der Waals surface area (Å²) in [6.07, 6.45) is 11.4. The summed E-state index contributed by atoms with van der Waals surface area (Å²) in [6, 6.07) is 0. The minimum absolute atomic E-state index is 0.